The molecule has 0 aromatic heterocycles. The molecule has 0 saturated carbocycles. The van der Waals surface area contributed by atoms with Gasteiger partial charge in [-0.15, -0.1) is 0 Å². The van der Waals surface area contributed by atoms with Gasteiger partial charge in [0.05, 0.1) is 12.2 Å². The van der Waals surface area contributed by atoms with Crippen molar-refractivity contribution in [3.05, 3.63) is 0 Å². The highest BCUT2D eigenvalue weighted by atomic mass is 32.2. The lowest BCUT2D eigenvalue weighted by Gasteiger charge is -2.15. The summed E-state index contributed by atoms with van der Waals surface area (Å²) in [6, 6.07) is 0. The largest absolute Gasteiger partial charge is 0.523 e. The Balaban J connectivity index is 4.02. The highest BCUT2D eigenvalue weighted by Crippen LogP contribution is 2.27. The standard InChI is InChI=1S/C12H20F6O6S2/c1-9(23-25(19,20)11(13,14)15)7-5-3-4-6-8-10(2)24-26(21,22)12(16,17)18/h9-10H,3-8H2,1-2H3. The maximum absolute atomic E-state index is 12.1. The monoisotopic (exact) mass is 438 g/mol. The predicted molar refractivity (Wildman–Crippen MR) is 78.7 cm³/mol. The van der Waals surface area contributed by atoms with Crippen LogP contribution in [0.3, 0.4) is 0 Å². The van der Waals surface area contributed by atoms with E-state index in [0.717, 1.165) is 0 Å². The van der Waals surface area contributed by atoms with E-state index in [9.17, 15) is 43.2 Å². The summed E-state index contributed by atoms with van der Waals surface area (Å²) in [6.45, 7) is 2.34. The molecule has 0 bridgehead atoms. The van der Waals surface area contributed by atoms with E-state index in [1.165, 1.54) is 13.8 Å². The molecule has 0 saturated heterocycles. The molecule has 0 aromatic rings. The van der Waals surface area contributed by atoms with Crippen LogP contribution in [0.2, 0.25) is 0 Å². The summed E-state index contributed by atoms with van der Waals surface area (Å²) in [4.78, 5) is 0. The summed E-state index contributed by atoms with van der Waals surface area (Å²) in [5.74, 6) is 0. The fourth-order valence-corrected chi connectivity index (χ4v) is 3.13. The molecule has 6 nitrogen and oxygen atoms in total. The zero-order chi connectivity index (χ0) is 20.8. The van der Waals surface area contributed by atoms with Crippen molar-refractivity contribution >= 4 is 20.2 Å². The zero-order valence-electron chi connectivity index (χ0n) is 13.9. The zero-order valence-corrected chi connectivity index (χ0v) is 15.6. The Morgan fingerprint density at radius 1 is 0.654 bits per heavy atom. The van der Waals surface area contributed by atoms with Crippen LogP contribution >= 0.6 is 0 Å². The first-order valence-corrected chi connectivity index (χ1v) is 10.3. The first kappa shape index (κ1) is 25.4. The van der Waals surface area contributed by atoms with Gasteiger partial charge in [-0.3, -0.25) is 8.37 Å². The smallest absolute Gasteiger partial charge is 0.260 e. The van der Waals surface area contributed by atoms with Gasteiger partial charge in [0.15, 0.2) is 0 Å². The van der Waals surface area contributed by atoms with Crippen LogP contribution in [0.5, 0.6) is 0 Å². The van der Waals surface area contributed by atoms with E-state index in [-0.39, 0.29) is 12.8 Å². The summed E-state index contributed by atoms with van der Waals surface area (Å²) >= 11 is 0. The van der Waals surface area contributed by atoms with Crippen LogP contribution in [0.25, 0.3) is 0 Å². The quantitative estimate of drug-likeness (QED) is 0.211. The maximum atomic E-state index is 12.1. The lowest BCUT2D eigenvalue weighted by Crippen LogP contribution is -2.29. The van der Waals surface area contributed by atoms with Crippen molar-refractivity contribution in [3.8, 4) is 0 Å². The van der Waals surface area contributed by atoms with Gasteiger partial charge in [-0.05, 0) is 26.7 Å². The van der Waals surface area contributed by atoms with Gasteiger partial charge in [0, 0.05) is 0 Å². The highest BCUT2D eigenvalue weighted by molar-refractivity contribution is 7.87. The van der Waals surface area contributed by atoms with Crippen LogP contribution in [0, 0.1) is 0 Å². The molecule has 26 heavy (non-hydrogen) atoms. The van der Waals surface area contributed by atoms with Crippen LogP contribution in [0.4, 0.5) is 26.3 Å². The van der Waals surface area contributed by atoms with Crippen molar-refractivity contribution in [2.45, 2.75) is 75.6 Å². The van der Waals surface area contributed by atoms with Gasteiger partial charge < -0.3 is 0 Å². The van der Waals surface area contributed by atoms with Gasteiger partial charge in [0.25, 0.3) is 0 Å². The van der Waals surface area contributed by atoms with Crippen molar-refractivity contribution < 1.29 is 51.5 Å². The van der Waals surface area contributed by atoms with Crippen molar-refractivity contribution in [1.82, 2.24) is 0 Å². The van der Waals surface area contributed by atoms with Crippen molar-refractivity contribution in [1.29, 1.82) is 0 Å². The van der Waals surface area contributed by atoms with Gasteiger partial charge in [-0.25, -0.2) is 0 Å². The molecule has 0 aromatic carbocycles. The van der Waals surface area contributed by atoms with E-state index in [2.05, 4.69) is 8.37 Å². The summed E-state index contributed by atoms with van der Waals surface area (Å²) in [7, 11) is -11.3. The van der Waals surface area contributed by atoms with Crippen LogP contribution in [0.15, 0.2) is 0 Å². The first-order chi connectivity index (χ1) is 11.5. The summed E-state index contributed by atoms with van der Waals surface area (Å²) < 4.78 is 124. The van der Waals surface area contributed by atoms with Gasteiger partial charge >= 0.3 is 31.3 Å². The fourth-order valence-electron chi connectivity index (χ4n) is 1.85. The first-order valence-electron chi connectivity index (χ1n) is 7.48. The Morgan fingerprint density at radius 2 is 0.923 bits per heavy atom. The molecular formula is C12H20F6O6S2. The van der Waals surface area contributed by atoms with E-state index in [1.807, 2.05) is 0 Å². The van der Waals surface area contributed by atoms with Crippen LogP contribution in [0.1, 0.15) is 52.4 Å². The molecule has 2 atom stereocenters. The lowest BCUT2D eigenvalue weighted by atomic mass is 10.1. The Labute approximate surface area is 148 Å². The SMILES string of the molecule is CC(CCCCCCC(C)OS(=O)(=O)C(F)(F)F)OS(=O)(=O)C(F)(F)F. The second kappa shape index (κ2) is 9.55. The maximum Gasteiger partial charge on any atom is 0.523 e. The molecule has 0 fully saturated rings. The molecule has 14 heteroatoms. The second-order valence-corrected chi connectivity index (χ2v) is 8.73. The van der Waals surface area contributed by atoms with E-state index >= 15 is 0 Å². The van der Waals surface area contributed by atoms with E-state index < -0.39 is 43.5 Å². The minimum absolute atomic E-state index is 0.0316. The van der Waals surface area contributed by atoms with Gasteiger partial charge in [-0.1, -0.05) is 25.7 Å². The molecule has 0 N–H and O–H groups in total. The van der Waals surface area contributed by atoms with E-state index in [0.29, 0.717) is 25.7 Å². The molecule has 158 valence electrons. The third kappa shape index (κ3) is 8.86. The number of alkyl halides is 6. The van der Waals surface area contributed by atoms with Gasteiger partial charge in [0.1, 0.15) is 0 Å². The van der Waals surface area contributed by atoms with Gasteiger partial charge in [0.2, 0.25) is 0 Å². The Kier molecular flexibility index (Phi) is 9.33. The molecule has 0 heterocycles. The number of rotatable bonds is 11. The fraction of sp³-hybridized carbons (Fsp3) is 1.00. The van der Waals surface area contributed by atoms with Crippen molar-refractivity contribution in [2.75, 3.05) is 0 Å². The number of hydrogen-bond acceptors (Lipinski definition) is 6. The number of halogens is 6. The van der Waals surface area contributed by atoms with Crippen molar-refractivity contribution in [2.24, 2.45) is 0 Å². The van der Waals surface area contributed by atoms with Crippen LogP contribution < -0.4 is 0 Å². The predicted octanol–water partition coefficient (Wildman–Crippen LogP) is 3.84. The molecule has 0 aliphatic rings. The van der Waals surface area contributed by atoms with E-state index in [1.54, 1.807) is 0 Å². The lowest BCUT2D eigenvalue weighted by molar-refractivity contribution is -0.0575. The van der Waals surface area contributed by atoms with Crippen LogP contribution in [-0.2, 0) is 28.6 Å². The molecule has 0 amide bonds. The van der Waals surface area contributed by atoms with E-state index in [4.69, 9.17) is 0 Å². The Bertz CT molecular complexity index is 570. The second-order valence-electron chi connectivity index (χ2n) is 5.60. The minimum atomic E-state index is -5.65. The molecule has 0 radical (unpaired) electrons. The third-order valence-corrected chi connectivity index (χ3v) is 5.42. The van der Waals surface area contributed by atoms with Crippen molar-refractivity contribution in [3.63, 3.8) is 0 Å². The van der Waals surface area contributed by atoms with Crippen LogP contribution in [-0.4, -0.2) is 40.1 Å². The Morgan fingerprint density at radius 3 is 1.15 bits per heavy atom. The average Bonchev–Trinajstić information content (AvgIpc) is 2.38. The van der Waals surface area contributed by atoms with Gasteiger partial charge in [-0.2, -0.15) is 43.2 Å². The normalized spacial score (nSPS) is 16.5. The topological polar surface area (TPSA) is 86.7 Å². The minimum Gasteiger partial charge on any atom is -0.260 e. The number of hydrogen-bond donors (Lipinski definition) is 0. The summed E-state index contributed by atoms with van der Waals surface area (Å²) in [6.07, 6.45) is -0.762. The third-order valence-electron chi connectivity index (χ3n) is 3.12. The molecule has 0 rings (SSSR count). The summed E-state index contributed by atoms with van der Waals surface area (Å²) in [5, 5.41) is 0. The molecule has 0 spiro atoms. The molecular weight excluding hydrogens is 418 g/mol. The molecule has 0 aliphatic carbocycles. The summed E-state index contributed by atoms with van der Waals surface area (Å²) in [5.41, 5.74) is -11.0. The average molecular weight is 438 g/mol. The highest BCUT2D eigenvalue weighted by Gasteiger charge is 2.48. The molecule has 0 aliphatic heterocycles. The Hall–Kier alpha value is -0.600. The molecule has 2 unspecified atom stereocenters. The number of unbranched alkanes of at least 4 members (excludes halogenated alkanes) is 3.